The van der Waals surface area contributed by atoms with E-state index in [1.807, 2.05) is 13.0 Å². The van der Waals surface area contributed by atoms with Gasteiger partial charge in [-0.2, -0.15) is 0 Å². The molecule has 0 radical (unpaired) electrons. The van der Waals surface area contributed by atoms with Crippen LogP contribution in [-0.2, 0) is 11.2 Å². The second kappa shape index (κ2) is 5.32. The summed E-state index contributed by atoms with van der Waals surface area (Å²) in [6.07, 6.45) is 2.12. The average Bonchev–Trinajstić information content (AvgIpc) is 2.66. The van der Waals surface area contributed by atoms with Crippen LogP contribution in [0.25, 0.3) is 0 Å². The van der Waals surface area contributed by atoms with Crippen molar-refractivity contribution in [2.24, 2.45) is 5.73 Å². The predicted molar refractivity (Wildman–Crippen MR) is 63.7 cm³/mol. The Morgan fingerprint density at radius 1 is 1.38 bits per heavy atom. The lowest BCUT2D eigenvalue weighted by Crippen LogP contribution is -2.07. The predicted octanol–water partition coefficient (Wildman–Crippen LogP) is 2.05. The molecule has 0 heterocycles. The zero-order chi connectivity index (χ0) is 11.4. The monoisotopic (exact) mass is 221 g/mol. The van der Waals surface area contributed by atoms with E-state index in [0.29, 0.717) is 13.2 Å². The molecule has 0 saturated carbocycles. The van der Waals surface area contributed by atoms with Crippen molar-refractivity contribution in [2.45, 2.75) is 25.8 Å². The zero-order valence-corrected chi connectivity index (χ0v) is 9.74. The van der Waals surface area contributed by atoms with Crippen molar-refractivity contribution in [3.8, 4) is 5.75 Å². The number of ether oxygens (including phenoxy) is 2. The highest BCUT2D eigenvalue weighted by Crippen LogP contribution is 2.31. The maximum atomic E-state index is 5.98. The molecule has 3 nitrogen and oxygen atoms in total. The Labute approximate surface area is 96.5 Å². The minimum Gasteiger partial charge on any atom is -0.491 e. The van der Waals surface area contributed by atoms with Crippen LogP contribution < -0.4 is 10.5 Å². The van der Waals surface area contributed by atoms with Crippen LogP contribution in [0.3, 0.4) is 0 Å². The molecule has 1 aromatic carbocycles. The normalized spacial score (nSPS) is 18.5. The largest absolute Gasteiger partial charge is 0.491 e. The molecule has 1 aliphatic rings. The number of rotatable bonds is 5. The molecule has 16 heavy (non-hydrogen) atoms. The fraction of sp³-hybridized carbons (Fsp3) is 0.538. The lowest BCUT2D eigenvalue weighted by atomic mass is 10.1. The minimum absolute atomic E-state index is 0.215. The molecule has 0 unspecified atom stereocenters. The van der Waals surface area contributed by atoms with Gasteiger partial charge in [-0.3, -0.25) is 0 Å². The maximum Gasteiger partial charge on any atom is 0.119 e. The number of hydrogen-bond acceptors (Lipinski definition) is 3. The highest BCUT2D eigenvalue weighted by atomic mass is 16.5. The van der Waals surface area contributed by atoms with E-state index in [-0.39, 0.29) is 6.04 Å². The summed E-state index contributed by atoms with van der Waals surface area (Å²) in [4.78, 5) is 0. The Bertz CT molecular complexity index is 352. The molecule has 1 atom stereocenters. The van der Waals surface area contributed by atoms with E-state index in [1.165, 1.54) is 11.1 Å². The summed E-state index contributed by atoms with van der Waals surface area (Å²) in [7, 11) is 0. The molecule has 0 amide bonds. The first-order valence-electron chi connectivity index (χ1n) is 5.90. The fourth-order valence-electron chi connectivity index (χ4n) is 2.08. The third-order valence-electron chi connectivity index (χ3n) is 2.94. The molecular formula is C13H19NO2. The van der Waals surface area contributed by atoms with E-state index in [4.69, 9.17) is 15.2 Å². The zero-order valence-electron chi connectivity index (χ0n) is 9.74. The Morgan fingerprint density at radius 3 is 3.06 bits per heavy atom. The van der Waals surface area contributed by atoms with Crippen molar-refractivity contribution >= 4 is 0 Å². The van der Waals surface area contributed by atoms with Gasteiger partial charge < -0.3 is 15.2 Å². The lowest BCUT2D eigenvalue weighted by molar-refractivity contribution is 0.110. The molecule has 0 bridgehead atoms. The van der Waals surface area contributed by atoms with Crippen LogP contribution in [0, 0.1) is 0 Å². The van der Waals surface area contributed by atoms with E-state index in [2.05, 4.69) is 12.1 Å². The molecule has 2 N–H and O–H groups in total. The molecule has 1 aromatic rings. The number of fused-ring (bicyclic) bond motifs is 1. The van der Waals surface area contributed by atoms with Crippen molar-refractivity contribution in [2.75, 3.05) is 19.8 Å². The summed E-state index contributed by atoms with van der Waals surface area (Å²) in [5, 5.41) is 0. The van der Waals surface area contributed by atoms with E-state index < -0.39 is 0 Å². The van der Waals surface area contributed by atoms with Crippen LogP contribution in [0.4, 0.5) is 0 Å². The third kappa shape index (κ3) is 2.54. The first-order chi connectivity index (χ1) is 7.81. The van der Waals surface area contributed by atoms with Crippen LogP contribution >= 0.6 is 0 Å². The quantitative estimate of drug-likeness (QED) is 0.774. The first kappa shape index (κ1) is 11.4. The van der Waals surface area contributed by atoms with Crippen molar-refractivity contribution in [3.63, 3.8) is 0 Å². The molecule has 0 saturated heterocycles. The van der Waals surface area contributed by atoms with Gasteiger partial charge in [0.2, 0.25) is 0 Å². The summed E-state index contributed by atoms with van der Waals surface area (Å²) in [5.74, 6) is 0.924. The summed E-state index contributed by atoms with van der Waals surface area (Å²) in [6, 6.07) is 6.40. The molecule has 0 spiro atoms. The van der Waals surface area contributed by atoms with Gasteiger partial charge >= 0.3 is 0 Å². The van der Waals surface area contributed by atoms with Gasteiger partial charge in [0, 0.05) is 12.6 Å². The highest BCUT2D eigenvalue weighted by Gasteiger charge is 2.18. The molecule has 88 valence electrons. The second-order valence-electron chi connectivity index (χ2n) is 4.05. The van der Waals surface area contributed by atoms with Gasteiger partial charge in [-0.25, -0.2) is 0 Å². The smallest absolute Gasteiger partial charge is 0.119 e. The summed E-state index contributed by atoms with van der Waals surface area (Å²) >= 11 is 0. The average molecular weight is 221 g/mol. The standard InChI is InChI=1S/C13H19NO2/c1-2-15-7-8-16-11-4-5-12-10(9-11)3-6-13(12)14/h4-5,9,13H,2-3,6-8,14H2,1H3/t13-/m1/s1. The summed E-state index contributed by atoms with van der Waals surface area (Å²) < 4.78 is 10.8. The molecule has 0 aromatic heterocycles. The van der Waals surface area contributed by atoms with Crippen molar-refractivity contribution < 1.29 is 9.47 Å². The molecule has 2 rings (SSSR count). The molecule has 3 heteroatoms. The number of hydrogen-bond donors (Lipinski definition) is 1. The van der Waals surface area contributed by atoms with Gasteiger partial charge in [-0.15, -0.1) is 0 Å². The van der Waals surface area contributed by atoms with Crippen LogP contribution in [0.1, 0.15) is 30.5 Å². The van der Waals surface area contributed by atoms with Crippen LogP contribution in [-0.4, -0.2) is 19.8 Å². The van der Waals surface area contributed by atoms with Crippen LogP contribution in [0.15, 0.2) is 18.2 Å². The molecule has 0 fully saturated rings. The van der Waals surface area contributed by atoms with Gasteiger partial charge in [0.1, 0.15) is 12.4 Å². The van der Waals surface area contributed by atoms with Crippen LogP contribution in [0.2, 0.25) is 0 Å². The van der Waals surface area contributed by atoms with Gasteiger partial charge in [-0.1, -0.05) is 6.07 Å². The molecule has 1 aliphatic carbocycles. The number of benzene rings is 1. The summed E-state index contributed by atoms with van der Waals surface area (Å²) in [5.41, 5.74) is 8.59. The van der Waals surface area contributed by atoms with Crippen molar-refractivity contribution in [1.82, 2.24) is 0 Å². The Morgan fingerprint density at radius 2 is 2.25 bits per heavy atom. The Kier molecular flexibility index (Phi) is 3.80. The molecule has 0 aliphatic heterocycles. The summed E-state index contributed by atoms with van der Waals surface area (Å²) in [6.45, 7) is 3.98. The minimum atomic E-state index is 0.215. The van der Waals surface area contributed by atoms with E-state index in [0.717, 1.165) is 25.2 Å². The number of nitrogens with two attached hydrogens (primary N) is 1. The van der Waals surface area contributed by atoms with E-state index >= 15 is 0 Å². The van der Waals surface area contributed by atoms with E-state index in [9.17, 15) is 0 Å². The van der Waals surface area contributed by atoms with Gasteiger partial charge in [-0.05, 0) is 43.0 Å². The lowest BCUT2D eigenvalue weighted by Gasteiger charge is -2.09. The second-order valence-corrected chi connectivity index (χ2v) is 4.05. The SMILES string of the molecule is CCOCCOc1ccc2c(c1)CC[C@H]2N. The third-order valence-corrected chi connectivity index (χ3v) is 2.94. The maximum absolute atomic E-state index is 5.98. The van der Waals surface area contributed by atoms with Crippen molar-refractivity contribution in [1.29, 1.82) is 0 Å². The highest BCUT2D eigenvalue weighted by molar-refractivity contribution is 5.40. The fourth-order valence-corrected chi connectivity index (χ4v) is 2.08. The van der Waals surface area contributed by atoms with Gasteiger partial charge in [0.25, 0.3) is 0 Å². The van der Waals surface area contributed by atoms with Gasteiger partial charge in [0.15, 0.2) is 0 Å². The van der Waals surface area contributed by atoms with Gasteiger partial charge in [0.05, 0.1) is 6.61 Å². The van der Waals surface area contributed by atoms with Crippen molar-refractivity contribution in [3.05, 3.63) is 29.3 Å². The molecular weight excluding hydrogens is 202 g/mol. The first-order valence-corrected chi connectivity index (χ1v) is 5.90. The Hall–Kier alpha value is -1.06. The number of aryl methyl sites for hydroxylation is 1. The Balaban J connectivity index is 1.92. The van der Waals surface area contributed by atoms with E-state index in [1.54, 1.807) is 0 Å². The van der Waals surface area contributed by atoms with Crippen LogP contribution in [0.5, 0.6) is 5.75 Å². The topological polar surface area (TPSA) is 44.5 Å².